The zero-order chi connectivity index (χ0) is 8.81. The third-order valence-electron chi connectivity index (χ3n) is 1.67. The molecule has 1 saturated carbocycles. The molecule has 66 valence electrons. The van der Waals surface area contributed by atoms with Crippen molar-refractivity contribution in [3.05, 3.63) is 24.3 Å². The normalized spacial score (nSPS) is 17.4. The van der Waals surface area contributed by atoms with Crippen LogP contribution in [0.1, 0.15) is 19.8 Å². The van der Waals surface area contributed by atoms with Gasteiger partial charge in [0.25, 0.3) is 0 Å². The number of ether oxygens (including phenoxy) is 1. The number of esters is 1. The van der Waals surface area contributed by atoms with E-state index in [2.05, 4.69) is 0 Å². The van der Waals surface area contributed by atoms with Crippen LogP contribution in [0.4, 0.5) is 0 Å². The zero-order valence-electron chi connectivity index (χ0n) is 7.32. The molecule has 0 aromatic heterocycles. The van der Waals surface area contributed by atoms with E-state index in [9.17, 15) is 4.79 Å². The highest BCUT2D eigenvalue weighted by Crippen LogP contribution is 2.29. The molecule has 0 atom stereocenters. The molecule has 0 bridgehead atoms. The van der Waals surface area contributed by atoms with E-state index in [4.69, 9.17) is 4.74 Å². The van der Waals surface area contributed by atoms with Crippen molar-refractivity contribution >= 4 is 5.97 Å². The minimum atomic E-state index is -0.0415. The van der Waals surface area contributed by atoms with Crippen LogP contribution >= 0.6 is 0 Å². The van der Waals surface area contributed by atoms with Crippen LogP contribution < -0.4 is 0 Å². The Balaban J connectivity index is 2.04. The molecule has 0 unspecified atom stereocenters. The third-order valence-corrected chi connectivity index (χ3v) is 1.67. The summed E-state index contributed by atoms with van der Waals surface area (Å²) in [4.78, 5) is 11.0. The smallest absolute Gasteiger partial charge is 0.309 e. The molecule has 2 heteroatoms. The Kier molecular flexibility index (Phi) is 3.58. The van der Waals surface area contributed by atoms with Crippen LogP contribution in [0.3, 0.4) is 0 Å². The Hall–Kier alpha value is -1.05. The minimum Gasteiger partial charge on any atom is -0.461 e. The first-order chi connectivity index (χ1) is 5.84. The van der Waals surface area contributed by atoms with Gasteiger partial charge in [-0.25, -0.2) is 0 Å². The van der Waals surface area contributed by atoms with Gasteiger partial charge in [-0.05, 0) is 25.8 Å². The molecule has 0 saturated heterocycles. The van der Waals surface area contributed by atoms with Crippen molar-refractivity contribution in [1.82, 2.24) is 0 Å². The van der Waals surface area contributed by atoms with Crippen LogP contribution in [-0.4, -0.2) is 12.6 Å². The fourth-order valence-electron chi connectivity index (χ4n) is 0.812. The molecule has 1 aliphatic carbocycles. The number of carbonyl (C=O) groups is 1. The second-order valence-electron chi connectivity index (χ2n) is 2.86. The maximum Gasteiger partial charge on any atom is 0.309 e. The summed E-state index contributed by atoms with van der Waals surface area (Å²) >= 11 is 0. The highest BCUT2D eigenvalue weighted by atomic mass is 16.5. The summed E-state index contributed by atoms with van der Waals surface area (Å²) in [5, 5.41) is 0. The van der Waals surface area contributed by atoms with Gasteiger partial charge in [0, 0.05) is 0 Å². The Morgan fingerprint density at radius 1 is 1.50 bits per heavy atom. The average molecular weight is 166 g/mol. The number of hydrogen-bond acceptors (Lipinski definition) is 2. The third kappa shape index (κ3) is 3.37. The molecular weight excluding hydrogens is 152 g/mol. The van der Waals surface area contributed by atoms with Gasteiger partial charge >= 0.3 is 5.97 Å². The predicted octanol–water partition coefficient (Wildman–Crippen LogP) is 2.07. The van der Waals surface area contributed by atoms with Gasteiger partial charge in [-0.15, -0.1) is 0 Å². The van der Waals surface area contributed by atoms with E-state index in [0.29, 0.717) is 6.61 Å². The molecule has 0 aromatic carbocycles. The standard InChI is InChI=1S/C10H14O2/c1-2-3-4-5-8-12-10(11)9-6-7-9/h2-5,9H,6-8H2,1H3/b3-2+,5-4+. The van der Waals surface area contributed by atoms with Crippen LogP contribution in [-0.2, 0) is 9.53 Å². The second-order valence-corrected chi connectivity index (χ2v) is 2.86. The lowest BCUT2D eigenvalue weighted by molar-refractivity contribution is -0.143. The van der Waals surface area contributed by atoms with E-state index in [1.807, 2.05) is 31.2 Å². The summed E-state index contributed by atoms with van der Waals surface area (Å²) in [7, 11) is 0. The average Bonchev–Trinajstić information content (AvgIpc) is 2.86. The number of rotatable bonds is 4. The fourth-order valence-corrected chi connectivity index (χ4v) is 0.812. The van der Waals surface area contributed by atoms with Crippen LogP contribution in [0.25, 0.3) is 0 Å². The van der Waals surface area contributed by atoms with E-state index in [1.54, 1.807) is 0 Å². The molecule has 0 N–H and O–H groups in total. The highest BCUT2D eigenvalue weighted by Gasteiger charge is 2.30. The quantitative estimate of drug-likeness (QED) is 0.472. The molecular formula is C10H14O2. The lowest BCUT2D eigenvalue weighted by Gasteiger charge is -1.97. The van der Waals surface area contributed by atoms with Gasteiger partial charge in [0.2, 0.25) is 0 Å². The minimum absolute atomic E-state index is 0.0415. The van der Waals surface area contributed by atoms with Gasteiger partial charge in [0.1, 0.15) is 6.61 Å². The second kappa shape index (κ2) is 4.75. The van der Waals surface area contributed by atoms with Crippen LogP contribution in [0, 0.1) is 5.92 Å². The van der Waals surface area contributed by atoms with Crippen LogP contribution in [0.15, 0.2) is 24.3 Å². The van der Waals surface area contributed by atoms with E-state index >= 15 is 0 Å². The van der Waals surface area contributed by atoms with E-state index in [1.165, 1.54) is 0 Å². The zero-order valence-corrected chi connectivity index (χ0v) is 7.32. The molecule has 1 fully saturated rings. The van der Waals surface area contributed by atoms with Gasteiger partial charge in [-0.2, -0.15) is 0 Å². The van der Waals surface area contributed by atoms with Gasteiger partial charge < -0.3 is 4.74 Å². The predicted molar refractivity (Wildman–Crippen MR) is 47.6 cm³/mol. The topological polar surface area (TPSA) is 26.3 Å². The first kappa shape index (κ1) is 9.04. The molecule has 0 amide bonds. The van der Waals surface area contributed by atoms with Gasteiger partial charge in [0.05, 0.1) is 5.92 Å². The first-order valence-corrected chi connectivity index (χ1v) is 4.29. The summed E-state index contributed by atoms with van der Waals surface area (Å²) in [6.45, 7) is 2.35. The monoisotopic (exact) mass is 166 g/mol. The molecule has 0 radical (unpaired) electrons. The Morgan fingerprint density at radius 2 is 2.25 bits per heavy atom. The number of hydrogen-bond donors (Lipinski definition) is 0. The van der Waals surface area contributed by atoms with E-state index in [0.717, 1.165) is 12.8 Å². The Bertz CT molecular complexity index is 200. The maximum absolute atomic E-state index is 11.0. The molecule has 0 aromatic rings. The van der Waals surface area contributed by atoms with Crippen molar-refractivity contribution in [3.63, 3.8) is 0 Å². The van der Waals surface area contributed by atoms with Crippen molar-refractivity contribution in [2.45, 2.75) is 19.8 Å². The van der Waals surface area contributed by atoms with Crippen LogP contribution in [0.2, 0.25) is 0 Å². The molecule has 2 nitrogen and oxygen atoms in total. The van der Waals surface area contributed by atoms with Crippen molar-refractivity contribution in [3.8, 4) is 0 Å². The van der Waals surface area contributed by atoms with Crippen molar-refractivity contribution in [2.75, 3.05) is 6.61 Å². The molecule has 0 heterocycles. The molecule has 0 spiro atoms. The van der Waals surface area contributed by atoms with Crippen molar-refractivity contribution < 1.29 is 9.53 Å². The lowest BCUT2D eigenvalue weighted by Crippen LogP contribution is -2.05. The van der Waals surface area contributed by atoms with Gasteiger partial charge in [0.15, 0.2) is 0 Å². The fraction of sp³-hybridized carbons (Fsp3) is 0.500. The molecule has 1 aliphatic rings. The summed E-state index contributed by atoms with van der Waals surface area (Å²) in [5.74, 6) is 0.167. The Morgan fingerprint density at radius 3 is 2.83 bits per heavy atom. The lowest BCUT2D eigenvalue weighted by atomic mass is 10.4. The largest absolute Gasteiger partial charge is 0.461 e. The summed E-state index contributed by atoms with van der Waals surface area (Å²) in [5.41, 5.74) is 0. The number of carbonyl (C=O) groups excluding carboxylic acids is 1. The molecule has 12 heavy (non-hydrogen) atoms. The summed E-state index contributed by atoms with van der Waals surface area (Å²) < 4.78 is 4.95. The van der Waals surface area contributed by atoms with Gasteiger partial charge in [-0.3, -0.25) is 4.79 Å². The molecule has 0 aliphatic heterocycles. The van der Waals surface area contributed by atoms with E-state index < -0.39 is 0 Å². The van der Waals surface area contributed by atoms with Crippen molar-refractivity contribution in [1.29, 1.82) is 0 Å². The van der Waals surface area contributed by atoms with Crippen molar-refractivity contribution in [2.24, 2.45) is 5.92 Å². The van der Waals surface area contributed by atoms with E-state index in [-0.39, 0.29) is 11.9 Å². The maximum atomic E-state index is 11.0. The number of allylic oxidation sites excluding steroid dienone is 3. The van der Waals surface area contributed by atoms with Crippen LogP contribution in [0.5, 0.6) is 0 Å². The Labute approximate surface area is 72.9 Å². The van der Waals surface area contributed by atoms with Gasteiger partial charge in [-0.1, -0.05) is 18.2 Å². The summed E-state index contributed by atoms with van der Waals surface area (Å²) in [6.07, 6.45) is 9.57. The SMILES string of the molecule is C/C=C/C=C/COC(=O)C1CC1. The molecule has 1 rings (SSSR count). The highest BCUT2D eigenvalue weighted by molar-refractivity contribution is 5.74. The first-order valence-electron chi connectivity index (χ1n) is 4.29. The summed E-state index contributed by atoms with van der Waals surface area (Å²) in [6, 6.07) is 0.